The van der Waals surface area contributed by atoms with Crippen LogP contribution in [0.4, 0.5) is 21.5 Å². The summed E-state index contributed by atoms with van der Waals surface area (Å²) < 4.78 is 19.6. The first kappa shape index (κ1) is 31.6. The van der Waals surface area contributed by atoms with Gasteiger partial charge >= 0.3 is 0 Å². The zero-order valence-electron chi connectivity index (χ0n) is 25.5. The third-order valence-corrected chi connectivity index (χ3v) is 10.6. The number of nitro benzene ring substituents is 1. The molecule has 246 valence electrons. The maximum absolute atomic E-state index is 14.5. The highest BCUT2D eigenvalue weighted by Gasteiger charge is 2.67. The lowest BCUT2D eigenvalue weighted by Crippen LogP contribution is -2.48. The summed E-state index contributed by atoms with van der Waals surface area (Å²) in [5.41, 5.74) is 0.0562. The number of non-ortho nitro benzene ring substituents is 1. The summed E-state index contributed by atoms with van der Waals surface area (Å²) in [5.74, 6) is -6.08. The molecule has 2 aliphatic carbocycles. The molecule has 0 radical (unpaired) electrons. The second-order valence-corrected chi connectivity index (χ2v) is 13.1. The van der Waals surface area contributed by atoms with Crippen LogP contribution in [0.1, 0.15) is 31.2 Å². The summed E-state index contributed by atoms with van der Waals surface area (Å²) in [7, 11) is 0. The van der Waals surface area contributed by atoms with Gasteiger partial charge in [0, 0.05) is 18.1 Å². The molecule has 0 aromatic heterocycles. The Balaban J connectivity index is 1.33. The topological polar surface area (TPSA) is 147 Å². The van der Waals surface area contributed by atoms with Crippen molar-refractivity contribution in [3.63, 3.8) is 0 Å². The molecule has 6 unspecified atom stereocenters. The molecule has 1 saturated carbocycles. The normalized spacial score (nSPS) is 27.8. The van der Waals surface area contributed by atoms with E-state index in [1.165, 1.54) is 36.4 Å². The molecule has 0 bridgehead atoms. The number of ether oxygens (including phenoxy) is 1. The van der Waals surface area contributed by atoms with Gasteiger partial charge in [-0.05, 0) is 67.6 Å². The molecule has 4 aliphatic rings. The fraction of sp³-hybridized carbons (Fsp3) is 0.314. The Morgan fingerprint density at radius 2 is 1.71 bits per heavy atom. The molecule has 4 amide bonds. The lowest BCUT2D eigenvalue weighted by Gasteiger charge is -2.49. The smallest absolute Gasteiger partial charge is 0.271 e. The van der Waals surface area contributed by atoms with Crippen molar-refractivity contribution in [1.29, 1.82) is 0 Å². The van der Waals surface area contributed by atoms with E-state index in [0.29, 0.717) is 11.3 Å². The number of imide groups is 2. The van der Waals surface area contributed by atoms with Crippen LogP contribution in [-0.4, -0.2) is 46.9 Å². The monoisotopic (exact) mass is 673 g/mol. The summed E-state index contributed by atoms with van der Waals surface area (Å²) in [6.07, 6.45) is 2.18. The molecule has 2 heterocycles. The molecule has 0 spiro atoms. The number of allylic oxidation sites excluding steroid dienone is 2. The van der Waals surface area contributed by atoms with Crippen molar-refractivity contribution in [3.8, 4) is 5.75 Å². The van der Waals surface area contributed by atoms with E-state index in [4.69, 9.17) is 16.3 Å². The van der Waals surface area contributed by atoms with Gasteiger partial charge in [0.05, 0.1) is 51.1 Å². The molecule has 11 nitrogen and oxygen atoms in total. The van der Waals surface area contributed by atoms with Gasteiger partial charge in [-0.1, -0.05) is 41.4 Å². The number of anilines is 2. The van der Waals surface area contributed by atoms with Crippen molar-refractivity contribution in [2.45, 2.75) is 25.7 Å². The number of hydrogen-bond acceptors (Lipinski definition) is 8. The van der Waals surface area contributed by atoms with Crippen LogP contribution < -0.4 is 14.5 Å². The largest absolute Gasteiger partial charge is 0.491 e. The number of nitrogens with zero attached hydrogens (tertiary/aromatic N) is 3. The predicted octanol–water partition coefficient (Wildman–Crippen LogP) is 5.19. The zero-order chi connectivity index (χ0) is 34.1. The van der Waals surface area contributed by atoms with Crippen molar-refractivity contribution < 1.29 is 38.3 Å². The van der Waals surface area contributed by atoms with Crippen molar-refractivity contribution in [1.82, 2.24) is 0 Å². The Labute approximate surface area is 278 Å². The number of aliphatic hydroxyl groups excluding tert-OH is 1. The lowest BCUT2D eigenvalue weighted by atomic mass is 9.51. The minimum absolute atomic E-state index is 0.0816. The summed E-state index contributed by atoms with van der Waals surface area (Å²) >= 11 is 6.06. The third-order valence-electron chi connectivity index (χ3n) is 10.3. The molecule has 13 heteroatoms. The SMILES string of the molecule is CC12C(=O)N(c3ccc(F)c(Cl)c3)C(=O)C1CC1C(=CCC3C(=O)N(c4cccc([N+](=O)[O-])c4)C(=O)C31)C2c1ccc(OCCO)cc1. The second kappa shape index (κ2) is 11.6. The van der Waals surface area contributed by atoms with Gasteiger partial charge in [0.1, 0.15) is 18.2 Å². The number of fused-ring (bicyclic) bond motifs is 4. The standard InChI is InChI=1S/C35H29ClFN3O8/c1-35-26(32(43)39(34(35)45)20-7-12-28(37)27(36)16-20)17-25-23(30(35)18-5-8-22(9-6-18)48-14-13-41)10-11-24-29(25)33(44)38(31(24)42)19-3-2-4-21(15-19)40(46)47/h2-10,12,15-16,24-26,29-30,41H,11,13-14,17H2,1H3. The van der Waals surface area contributed by atoms with Gasteiger partial charge in [-0.15, -0.1) is 0 Å². The summed E-state index contributed by atoms with van der Waals surface area (Å²) in [6.45, 7) is 1.63. The van der Waals surface area contributed by atoms with Crippen molar-refractivity contribution in [2.24, 2.45) is 29.1 Å². The maximum atomic E-state index is 14.5. The first-order chi connectivity index (χ1) is 23.0. The van der Waals surface area contributed by atoms with Gasteiger partial charge in [-0.2, -0.15) is 0 Å². The molecule has 7 rings (SSSR count). The lowest BCUT2D eigenvalue weighted by molar-refractivity contribution is -0.384. The van der Waals surface area contributed by atoms with E-state index >= 15 is 0 Å². The maximum Gasteiger partial charge on any atom is 0.271 e. The van der Waals surface area contributed by atoms with Crippen molar-refractivity contribution in [2.75, 3.05) is 23.0 Å². The molecule has 6 atom stereocenters. The Morgan fingerprint density at radius 1 is 0.979 bits per heavy atom. The van der Waals surface area contributed by atoms with Gasteiger partial charge < -0.3 is 9.84 Å². The van der Waals surface area contributed by atoms with E-state index in [1.54, 1.807) is 31.2 Å². The van der Waals surface area contributed by atoms with Crippen LogP contribution in [0.3, 0.4) is 0 Å². The van der Waals surface area contributed by atoms with Crippen LogP contribution >= 0.6 is 11.6 Å². The van der Waals surface area contributed by atoms with E-state index in [0.717, 1.165) is 21.4 Å². The van der Waals surface area contributed by atoms with E-state index in [-0.39, 0.29) is 48.1 Å². The average molecular weight is 674 g/mol. The molecular weight excluding hydrogens is 645 g/mol. The van der Waals surface area contributed by atoms with E-state index in [2.05, 4.69) is 0 Å². The highest BCUT2D eigenvalue weighted by Crippen LogP contribution is 2.63. The molecule has 2 aliphatic heterocycles. The Morgan fingerprint density at radius 3 is 2.40 bits per heavy atom. The van der Waals surface area contributed by atoms with Crippen molar-refractivity contribution >= 4 is 52.3 Å². The average Bonchev–Trinajstić information content (AvgIpc) is 3.44. The number of amides is 4. The van der Waals surface area contributed by atoms with Gasteiger partial charge in [0.2, 0.25) is 23.6 Å². The number of carbonyl (C=O) groups excluding carboxylic acids is 4. The molecule has 48 heavy (non-hydrogen) atoms. The van der Waals surface area contributed by atoms with E-state index in [1.807, 2.05) is 6.08 Å². The minimum Gasteiger partial charge on any atom is -0.491 e. The molecule has 3 aromatic carbocycles. The highest BCUT2D eigenvalue weighted by atomic mass is 35.5. The number of rotatable bonds is 7. The molecule has 3 fully saturated rings. The summed E-state index contributed by atoms with van der Waals surface area (Å²) in [5, 5.41) is 20.4. The predicted molar refractivity (Wildman–Crippen MR) is 171 cm³/mol. The number of halogens is 2. The zero-order valence-corrected chi connectivity index (χ0v) is 26.3. The number of nitro groups is 1. The van der Waals surface area contributed by atoms with Crippen LogP contribution in [0.15, 0.2) is 78.4 Å². The van der Waals surface area contributed by atoms with Crippen molar-refractivity contribution in [3.05, 3.63) is 105 Å². The number of benzene rings is 3. The fourth-order valence-electron chi connectivity index (χ4n) is 8.19. The van der Waals surface area contributed by atoms with Crippen LogP contribution in [0.5, 0.6) is 5.75 Å². The number of carbonyl (C=O) groups is 4. The molecular formula is C35H29ClFN3O8. The third kappa shape index (κ3) is 4.65. The van der Waals surface area contributed by atoms with Crippen LogP contribution in [0.2, 0.25) is 5.02 Å². The van der Waals surface area contributed by atoms with Gasteiger partial charge in [-0.25, -0.2) is 14.2 Å². The molecule has 1 N–H and O–H groups in total. The number of hydrogen-bond donors (Lipinski definition) is 1. The Bertz CT molecular complexity index is 1930. The number of aliphatic hydroxyl groups is 1. The van der Waals surface area contributed by atoms with Crippen LogP contribution in [0.25, 0.3) is 0 Å². The van der Waals surface area contributed by atoms with E-state index in [9.17, 15) is 38.8 Å². The first-order valence-corrected chi connectivity index (χ1v) is 15.8. The van der Waals surface area contributed by atoms with E-state index < -0.39 is 69.4 Å². The Kier molecular flexibility index (Phi) is 7.67. The Hall–Kier alpha value is -4.94. The van der Waals surface area contributed by atoms with Crippen LogP contribution in [0, 0.1) is 45.0 Å². The van der Waals surface area contributed by atoms with Gasteiger partial charge in [0.25, 0.3) is 5.69 Å². The summed E-state index contributed by atoms with van der Waals surface area (Å²) in [4.78, 5) is 69.7. The second-order valence-electron chi connectivity index (χ2n) is 12.7. The summed E-state index contributed by atoms with van der Waals surface area (Å²) in [6, 6.07) is 15.9. The highest BCUT2D eigenvalue weighted by molar-refractivity contribution is 6.32. The van der Waals surface area contributed by atoms with Gasteiger partial charge in [0.15, 0.2) is 0 Å². The van der Waals surface area contributed by atoms with Gasteiger partial charge in [-0.3, -0.25) is 29.3 Å². The fourth-order valence-corrected chi connectivity index (χ4v) is 8.36. The molecule has 3 aromatic rings. The quantitative estimate of drug-likeness (QED) is 0.156. The molecule has 2 saturated heterocycles. The van der Waals surface area contributed by atoms with Crippen LogP contribution in [-0.2, 0) is 19.2 Å². The minimum atomic E-state index is -1.33. The first-order valence-electron chi connectivity index (χ1n) is 15.5.